The lowest BCUT2D eigenvalue weighted by Gasteiger charge is -2.09. The number of ether oxygens (including phenoxy) is 2. The summed E-state index contributed by atoms with van der Waals surface area (Å²) in [5.74, 6) is 2.67. The number of hydrogen-bond acceptors (Lipinski definition) is 7. The molecule has 0 radical (unpaired) electrons. The summed E-state index contributed by atoms with van der Waals surface area (Å²) >= 11 is 0. The highest BCUT2D eigenvalue weighted by atomic mass is 16.6. The Morgan fingerprint density at radius 3 is 2.89 bits per heavy atom. The second-order valence-corrected chi connectivity index (χ2v) is 8.93. The van der Waals surface area contributed by atoms with E-state index >= 15 is 0 Å². The van der Waals surface area contributed by atoms with Crippen LogP contribution in [0.1, 0.15) is 51.8 Å². The summed E-state index contributed by atoms with van der Waals surface area (Å²) in [5, 5.41) is 17.1. The zero-order valence-corrected chi connectivity index (χ0v) is 20.7. The fraction of sp³-hybridized carbons (Fsp3) is 0.481. The van der Waals surface area contributed by atoms with Crippen molar-refractivity contribution in [3.63, 3.8) is 0 Å². The molecule has 2 aliphatic heterocycles. The lowest BCUT2D eigenvalue weighted by molar-refractivity contribution is 0.254. The number of aryl methyl sites for hydroxylation is 1. The van der Waals surface area contributed by atoms with E-state index in [0.29, 0.717) is 31.0 Å². The molecule has 0 aromatic carbocycles. The number of hydrogen-bond donors (Lipinski definition) is 1. The van der Waals surface area contributed by atoms with Crippen molar-refractivity contribution in [1.29, 1.82) is 5.26 Å². The number of nitrogens with one attached hydrogen (secondary N) is 1. The molecule has 0 spiro atoms. The Morgan fingerprint density at radius 2 is 2.14 bits per heavy atom. The lowest BCUT2D eigenvalue weighted by Crippen LogP contribution is -2.10. The summed E-state index contributed by atoms with van der Waals surface area (Å²) in [6.45, 7) is 6.56. The van der Waals surface area contributed by atoms with Gasteiger partial charge in [-0.1, -0.05) is 38.2 Å². The third-order valence-electron chi connectivity index (χ3n) is 5.94. The number of aliphatic imine (C=N–C) groups is 1. The summed E-state index contributed by atoms with van der Waals surface area (Å²) in [6.07, 6.45) is 20.8. The number of aromatic nitrogens is 3. The van der Waals surface area contributed by atoms with Crippen molar-refractivity contribution in [1.82, 2.24) is 14.8 Å². The number of nitriles is 1. The number of anilines is 1. The first-order valence-corrected chi connectivity index (χ1v) is 12.5. The Kier molecular flexibility index (Phi) is 8.32. The molecule has 8 heteroatoms. The van der Waals surface area contributed by atoms with E-state index in [0.717, 1.165) is 35.7 Å². The van der Waals surface area contributed by atoms with Gasteiger partial charge in [-0.2, -0.15) is 10.2 Å². The van der Waals surface area contributed by atoms with Gasteiger partial charge in [-0.15, -0.1) is 5.10 Å². The second kappa shape index (κ2) is 11.8. The van der Waals surface area contributed by atoms with E-state index in [4.69, 9.17) is 19.8 Å². The zero-order valence-electron chi connectivity index (χ0n) is 20.7. The van der Waals surface area contributed by atoms with Crippen LogP contribution in [0.5, 0.6) is 0 Å². The van der Waals surface area contributed by atoms with Gasteiger partial charge in [-0.25, -0.2) is 4.68 Å². The first kappa shape index (κ1) is 24.7. The average Bonchev–Trinajstić information content (AvgIpc) is 3.75. The second-order valence-electron chi connectivity index (χ2n) is 8.93. The van der Waals surface area contributed by atoms with Crippen LogP contribution in [-0.4, -0.2) is 39.9 Å². The molecule has 0 amide bonds. The molecule has 3 atom stereocenters. The van der Waals surface area contributed by atoms with Crippen LogP contribution in [0.25, 0.3) is 5.70 Å². The maximum atomic E-state index is 9.06. The molecular formula is C27H34N6O2. The highest BCUT2D eigenvalue weighted by Crippen LogP contribution is 2.44. The quantitative estimate of drug-likeness (QED) is 0.250. The molecule has 8 nitrogen and oxygen atoms in total. The number of epoxide rings is 1. The van der Waals surface area contributed by atoms with Crippen LogP contribution < -0.4 is 5.32 Å². The predicted molar refractivity (Wildman–Crippen MR) is 137 cm³/mol. The summed E-state index contributed by atoms with van der Waals surface area (Å²) in [4.78, 5) is 8.79. The van der Waals surface area contributed by atoms with E-state index in [9.17, 15) is 0 Å². The van der Waals surface area contributed by atoms with Crippen LogP contribution in [-0.2, 0) is 9.47 Å². The molecule has 2 fully saturated rings. The Labute approximate surface area is 207 Å². The van der Waals surface area contributed by atoms with E-state index in [1.165, 1.54) is 12.8 Å². The molecule has 3 aliphatic rings. The summed E-state index contributed by atoms with van der Waals surface area (Å²) in [5.41, 5.74) is 1.99. The van der Waals surface area contributed by atoms with Crippen molar-refractivity contribution in [3.8, 4) is 6.07 Å². The molecule has 4 rings (SSSR count). The van der Waals surface area contributed by atoms with Gasteiger partial charge in [-0.05, 0) is 50.7 Å². The largest absolute Gasteiger partial charge is 0.489 e. The van der Waals surface area contributed by atoms with E-state index in [2.05, 4.69) is 53.4 Å². The fourth-order valence-corrected chi connectivity index (χ4v) is 3.92. The molecule has 1 aromatic rings. The highest BCUT2D eigenvalue weighted by Gasteiger charge is 2.50. The molecule has 1 saturated carbocycles. The van der Waals surface area contributed by atoms with E-state index in [1.807, 2.05) is 29.8 Å². The Morgan fingerprint density at radius 1 is 1.31 bits per heavy atom. The standard InChI is InChI=1S/C27H34N6O2/c1-4-7-23(33-19(3)30-27(32-33)31-26-25(35-26)22-13-14-22)9-6-10-24(8-5-2)34-18-21-12-11-20(15-28)16-29-17-21/h6-8,10-12,16-17,20,22,25-26H,4-5,9,13-14,18H2,1-3H3,(H,31,32). The average molecular weight is 475 g/mol. The highest BCUT2D eigenvalue weighted by molar-refractivity contribution is 5.68. The van der Waals surface area contributed by atoms with Crippen molar-refractivity contribution in [2.75, 3.05) is 11.9 Å². The van der Waals surface area contributed by atoms with Crippen molar-refractivity contribution >= 4 is 17.9 Å². The molecular weight excluding hydrogens is 440 g/mol. The number of nitrogens with zero attached hydrogens (tertiary/aromatic N) is 5. The van der Waals surface area contributed by atoms with Gasteiger partial charge in [0.2, 0.25) is 5.95 Å². The van der Waals surface area contributed by atoms with Crippen molar-refractivity contribution in [2.24, 2.45) is 16.8 Å². The molecule has 3 unspecified atom stereocenters. The predicted octanol–water partition coefficient (Wildman–Crippen LogP) is 5.31. The lowest BCUT2D eigenvalue weighted by atomic mass is 10.1. The normalized spacial score (nSPS) is 24.3. The van der Waals surface area contributed by atoms with Crippen LogP contribution in [0.15, 0.2) is 59.0 Å². The van der Waals surface area contributed by atoms with Crippen LogP contribution >= 0.6 is 0 Å². The maximum Gasteiger partial charge on any atom is 0.244 e. The SMILES string of the molecule is CCC=C(C=CCC(=CCC)n1nc(NC2OC2C2CC2)nc1C)OCC1=CN=CC(C#N)C=C1. The Balaban J connectivity index is 1.35. The van der Waals surface area contributed by atoms with Crippen molar-refractivity contribution in [2.45, 2.75) is 65.2 Å². The van der Waals surface area contributed by atoms with Crippen molar-refractivity contribution in [3.05, 3.63) is 59.8 Å². The van der Waals surface area contributed by atoms with Gasteiger partial charge in [-0.3, -0.25) is 4.99 Å². The number of rotatable bonds is 12. The molecule has 35 heavy (non-hydrogen) atoms. The zero-order chi connectivity index (χ0) is 24.6. The summed E-state index contributed by atoms with van der Waals surface area (Å²) in [7, 11) is 0. The van der Waals surface area contributed by atoms with Crippen molar-refractivity contribution < 1.29 is 9.47 Å². The van der Waals surface area contributed by atoms with Crippen LogP contribution in [0.4, 0.5) is 5.95 Å². The van der Waals surface area contributed by atoms with E-state index < -0.39 is 0 Å². The van der Waals surface area contributed by atoms with Crippen LogP contribution in [0.2, 0.25) is 0 Å². The third kappa shape index (κ3) is 7.03. The minimum absolute atomic E-state index is 0.0463. The minimum Gasteiger partial charge on any atom is -0.489 e. The van der Waals surface area contributed by atoms with Gasteiger partial charge in [0.15, 0.2) is 6.23 Å². The molecule has 1 N–H and O–H groups in total. The first-order valence-electron chi connectivity index (χ1n) is 12.5. The van der Waals surface area contributed by atoms with Gasteiger partial charge in [0, 0.05) is 30.1 Å². The fourth-order valence-electron chi connectivity index (χ4n) is 3.92. The minimum atomic E-state index is -0.301. The first-order chi connectivity index (χ1) is 17.1. The molecule has 1 aromatic heterocycles. The van der Waals surface area contributed by atoms with Gasteiger partial charge >= 0.3 is 0 Å². The van der Waals surface area contributed by atoms with Gasteiger partial charge < -0.3 is 14.8 Å². The van der Waals surface area contributed by atoms with Crippen LogP contribution in [0, 0.1) is 30.1 Å². The monoisotopic (exact) mass is 474 g/mol. The summed E-state index contributed by atoms with van der Waals surface area (Å²) < 4.78 is 13.7. The molecule has 1 saturated heterocycles. The molecule has 1 aliphatic carbocycles. The maximum absolute atomic E-state index is 9.06. The van der Waals surface area contributed by atoms with Crippen LogP contribution in [0.3, 0.4) is 0 Å². The molecule has 3 heterocycles. The van der Waals surface area contributed by atoms with E-state index in [1.54, 1.807) is 12.4 Å². The molecule has 0 bridgehead atoms. The molecule has 184 valence electrons. The van der Waals surface area contributed by atoms with E-state index in [-0.39, 0.29) is 12.1 Å². The Bertz CT molecular complexity index is 1110. The Hall–Kier alpha value is -3.44. The van der Waals surface area contributed by atoms with Gasteiger partial charge in [0.05, 0.1) is 12.0 Å². The smallest absolute Gasteiger partial charge is 0.244 e. The summed E-state index contributed by atoms with van der Waals surface area (Å²) in [6, 6.07) is 2.18. The third-order valence-corrected chi connectivity index (χ3v) is 5.94. The number of allylic oxidation sites excluding steroid dienone is 6. The van der Waals surface area contributed by atoms with Gasteiger partial charge in [0.1, 0.15) is 24.3 Å². The van der Waals surface area contributed by atoms with Gasteiger partial charge in [0.25, 0.3) is 0 Å². The topological polar surface area (TPSA) is 101 Å².